The minimum Gasteiger partial charge on any atom is -0.497 e. The maximum Gasteiger partial charge on any atom is 0.313 e. The summed E-state index contributed by atoms with van der Waals surface area (Å²) in [7, 11) is 1.67. The van der Waals surface area contributed by atoms with E-state index in [-0.39, 0.29) is 17.9 Å². The van der Waals surface area contributed by atoms with E-state index in [0.717, 1.165) is 60.1 Å². The number of hydrogen-bond donors (Lipinski definition) is 0. The van der Waals surface area contributed by atoms with E-state index in [4.69, 9.17) is 9.47 Å². The maximum atomic E-state index is 13.7. The van der Waals surface area contributed by atoms with Gasteiger partial charge in [0, 0.05) is 23.7 Å². The molecular formula is C33H40N2O3. The zero-order valence-electron chi connectivity index (χ0n) is 23.1. The van der Waals surface area contributed by atoms with Crippen molar-refractivity contribution in [2.24, 2.45) is 17.8 Å². The van der Waals surface area contributed by atoms with Crippen molar-refractivity contribution < 1.29 is 14.3 Å². The van der Waals surface area contributed by atoms with Gasteiger partial charge >= 0.3 is 5.97 Å². The Morgan fingerprint density at radius 2 is 1.95 bits per heavy atom. The predicted octanol–water partition coefficient (Wildman–Crippen LogP) is 6.73. The van der Waals surface area contributed by atoms with E-state index in [2.05, 4.69) is 60.7 Å². The highest BCUT2D eigenvalue weighted by Crippen LogP contribution is 2.44. The van der Waals surface area contributed by atoms with Gasteiger partial charge < -0.3 is 9.47 Å². The van der Waals surface area contributed by atoms with Gasteiger partial charge in [-0.05, 0) is 85.9 Å². The molecular weight excluding hydrogens is 472 g/mol. The van der Waals surface area contributed by atoms with Gasteiger partial charge in [-0.15, -0.1) is 6.58 Å². The highest BCUT2D eigenvalue weighted by molar-refractivity contribution is 5.85. The number of benzene rings is 2. The van der Waals surface area contributed by atoms with Crippen LogP contribution in [0, 0.1) is 17.8 Å². The van der Waals surface area contributed by atoms with Crippen LogP contribution in [-0.2, 0) is 16.0 Å². The third kappa shape index (κ3) is 5.35. The second-order valence-electron chi connectivity index (χ2n) is 11.4. The number of piperidine rings is 3. The van der Waals surface area contributed by atoms with Crippen LogP contribution in [0.5, 0.6) is 5.75 Å². The van der Waals surface area contributed by atoms with Gasteiger partial charge in [-0.3, -0.25) is 14.7 Å². The molecule has 0 amide bonds. The smallest absolute Gasteiger partial charge is 0.313 e. The van der Waals surface area contributed by atoms with Gasteiger partial charge in [0.25, 0.3) is 0 Å². The van der Waals surface area contributed by atoms with Gasteiger partial charge in [0.15, 0.2) is 0 Å². The highest BCUT2D eigenvalue weighted by atomic mass is 16.5. The number of aromatic nitrogens is 1. The molecule has 2 aromatic carbocycles. The van der Waals surface area contributed by atoms with Crippen LogP contribution in [0.1, 0.15) is 62.3 Å². The number of esters is 1. The predicted molar refractivity (Wildman–Crippen MR) is 152 cm³/mol. The Kier molecular flexibility index (Phi) is 7.85. The summed E-state index contributed by atoms with van der Waals surface area (Å²) in [5.74, 6) is 1.88. The van der Waals surface area contributed by atoms with Crippen LogP contribution < -0.4 is 4.74 Å². The number of carbonyl (C=O) groups excluding carboxylic acids is 1. The van der Waals surface area contributed by atoms with Crippen LogP contribution in [0.3, 0.4) is 0 Å². The second kappa shape index (κ2) is 11.3. The molecule has 6 rings (SSSR count). The van der Waals surface area contributed by atoms with Gasteiger partial charge in [0.2, 0.25) is 0 Å². The van der Waals surface area contributed by atoms with E-state index < -0.39 is 6.10 Å². The van der Waals surface area contributed by atoms with Crippen molar-refractivity contribution in [1.29, 1.82) is 0 Å². The average Bonchev–Trinajstić information content (AvgIpc) is 2.95. The first kappa shape index (κ1) is 26.4. The van der Waals surface area contributed by atoms with Crippen molar-refractivity contribution in [2.75, 3.05) is 20.2 Å². The fourth-order valence-corrected chi connectivity index (χ4v) is 6.34. The standard InChI is InChI=1S/C33H40N2O3/c1-6-24-20-35-16-14-26(24)18-31(35)32(28-13-15-34-30-12-11-27(37-5)19-29(28)30)38-33(36)22(4)25-9-7-23(8-10-25)17-21(2)3/h6-13,15,19,21-22,24,26,31-32H,1,14,16-18,20H2,2-5H3/t22-,24+,26-,31+,32+/m0/s1. The lowest BCUT2D eigenvalue weighted by molar-refractivity contribution is -0.158. The molecule has 200 valence electrons. The molecule has 1 unspecified atom stereocenters. The van der Waals surface area contributed by atoms with Crippen molar-refractivity contribution in [3.63, 3.8) is 0 Å². The van der Waals surface area contributed by atoms with E-state index in [1.54, 1.807) is 7.11 Å². The van der Waals surface area contributed by atoms with Crippen molar-refractivity contribution >= 4 is 16.9 Å². The Morgan fingerprint density at radius 1 is 1.16 bits per heavy atom. The Labute approximate surface area is 226 Å². The Bertz CT molecular complexity index is 1290. The Hall–Kier alpha value is -3.18. The molecule has 38 heavy (non-hydrogen) atoms. The average molecular weight is 513 g/mol. The molecule has 0 N–H and O–H groups in total. The van der Waals surface area contributed by atoms with Gasteiger partial charge in [0.1, 0.15) is 11.9 Å². The number of carbonyl (C=O) groups is 1. The van der Waals surface area contributed by atoms with Crippen molar-refractivity contribution in [3.05, 3.63) is 84.1 Å². The molecule has 1 aromatic heterocycles. The quantitative estimate of drug-likeness (QED) is 0.235. The molecule has 3 fully saturated rings. The van der Waals surface area contributed by atoms with Gasteiger partial charge in [0.05, 0.1) is 24.6 Å². The van der Waals surface area contributed by atoms with Gasteiger partial charge in [-0.1, -0.05) is 44.2 Å². The SMILES string of the molecule is C=C[C@@H]1CN2CC[C@H]1C[C@@H]2[C@H](OC(=O)[C@@H](C)c1ccc(CC(C)C)cc1)c1ccnc2ccc(OC)cc12. The van der Waals surface area contributed by atoms with E-state index in [0.29, 0.717) is 17.8 Å². The van der Waals surface area contributed by atoms with Gasteiger partial charge in [-0.25, -0.2) is 0 Å². The third-order valence-electron chi connectivity index (χ3n) is 8.51. The number of methoxy groups -OCH3 is 1. The molecule has 3 saturated heterocycles. The molecule has 0 spiro atoms. The number of nitrogens with zero attached hydrogens (tertiary/aromatic N) is 2. The van der Waals surface area contributed by atoms with E-state index in [1.807, 2.05) is 37.4 Å². The molecule has 3 aliphatic heterocycles. The van der Waals surface area contributed by atoms with E-state index >= 15 is 0 Å². The van der Waals surface area contributed by atoms with Crippen LogP contribution in [-0.4, -0.2) is 42.1 Å². The summed E-state index contributed by atoms with van der Waals surface area (Å²) in [6.45, 7) is 12.5. The normalized spacial score (nSPS) is 24.2. The summed E-state index contributed by atoms with van der Waals surface area (Å²) < 4.78 is 12.0. The highest BCUT2D eigenvalue weighted by Gasteiger charge is 2.44. The van der Waals surface area contributed by atoms with Crippen molar-refractivity contribution in [1.82, 2.24) is 9.88 Å². The van der Waals surface area contributed by atoms with Gasteiger partial charge in [-0.2, -0.15) is 0 Å². The number of hydrogen-bond acceptors (Lipinski definition) is 5. The number of rotatable bonds is 9. The molecule has 0 saturated carbocycles. The Balaban J connectivity index is 1.47. The number of ether oxygens (including phenoxy) is 2. The molecule has 3 aliphatic rings. The Morgan fingerprint density at radius 3 is 2.61 bits per heavy atom. The van der Waals surface area contributed by atoms with Crippen molar-refractivity contribution in [3.8, 4) is 5.75 Å². The topological polar surface area (TPSA) is 51.7 Å². The fraction of sp³-hybridized carbons (Fsp3) is 0.455. The first-order valence-corrected chi connectivity index (χ1v) is 14.0. The van der Waals surface area contributed by atoms with E-state index in [9.17, 15) is 4.79 Å². The fourth-order valence-electron chi connectivity index (χ4n) is 6.34. The monoisotopic (exact) mass is 512 g/mol. The molecule has 4 heterocycles. The van der Waals surface area contributed by atoms with Crippen LogP contribution in [0.4, 0.5) is 0 Å². The molecule has 5 heteroatoms. The van der Waals surface area contributed by atoms with Crippen molar-refractivity contribution in [2.45, 2.75) is 58.1 Å². The van der Waals surface area contributed by atoms with Crippen LogP contribution >= 0.6 is 0 Å². The molecule has 5 nitrogen and oxygen atoms in total. The third-order valence-corrected chi connectivity index (χ3v) is 8.51. The molecule has 3 aromatic rings. The zero-order valence-corrected chi connectivity index (χ0v) is 23.1. The molecule has 0 radical (unpaired) electrons. The van der Waals surface area contributed by atoms with Crippen LogP contribution in [0.2, 0.25) is 0 Å². The summed E-state index contributed by atoms with van der Waals surface area (Å²) in [6, 6.07) is 16.5. The summed E-state index contributed by atoms with van der Waals surface area (Å²) in [5.41, 5.74) is 4.15. The van der Waals surface area contributed by atoms with E-state index in [1.165, 1.54) is 5.56 Å². The minimum atomic E-state index is -0.392. The largest absolute Gasteiger partial charge is 0.497 e. The summed E-state index contributed by atoms with van der Waals surface area (Å²) in [4.78, 5) is 20.8. The lowest BCUT2D eigenvalue weighted by Crippen LogP contribution is -2.55. The molecule has 6 atom stereocenters. The molecule has 0 aliphatic carbocycles. The summed E-state index contributed by atoms with van der Waals surface area (Å²) in [5, 5.41) is 0.971. The maximum absolute atomic E-state index is 13.7. The second-order valence-corrected chi connectivity index (χ2v) is 11.4. The zero-order chi connectivity index (χ0) is 26.8. The lowest BCUT2D eigenvalue weighted by Gasteiger charge is -2.51. The number of fused-ring (bicyclic) bond motifs is 4. The summed E-state index contributed by atoms with van der Waals surface area (Å²) in [6.07, 6.45) is 6.72. The first-order chi connectivity index (χ1) is 18.4. The molecule has 2 bridgehead atoms. The van der Waals surface area contributed by atoms with Crippen LogP contribution in [0.25, 0.3) is 10.9 Å². The van der Waals surface area contributed by atoms with Crippen LogP contribution in [0.15, 0.2) is 67.4 Å². The first-order valence-electron chi connectivity index (χ1n) is 14.0. The minimum absolute atomic E-state index is 0.117. The number of pyridine rings is 1. The summed E-state index contributed by atoms with van der Waals surface area (Å²) >= 11 is 0. The lowest BCUT2D eigenvalue weighted by atomic mass is 9.73.